The van der Waals surface area contributed by atoms with Crippen LogP contribution in [0, 0.1) is 0 Å². The smallest absolute Gasteiger partial charge is 0.191 e. The highest BCUT2D eigenvalue weighted by molar-refractivity contribution is 7.99. The molecule has 102 valence electrons. The van der Waals surface area contributed by atoms with Gasteiger partial charge in [-0.2, -0.15) is 0 Å². The van der Waals surface area contributed by atoms with Gasteiger partial charge in [-0.3, -0.25) is 4.98 Å². The molecule has 0 aromatic carbocycles. The molecule has 0 N–H and O–H groups in total. The van der Waals surface area contributed by atoms with Crippen molar-refractivity contribution in [3.05, 3.63) is 47.6 Å². The molecule has 0 unspecified atom stereocenters. The average Bonchev–Trinajstić information content (AvgIpc) is 3.11. The van der Waals surface area contributed by atoms with E-state index in [0.717, 1.165) is 28.0 Å². The Morgan fingerprint density at radius 2 is 2.05 bits per heavy atom. The summed E-state index contributed by atoms with van der Waals surface area (Å²) in [6.07, 6.45) is 4.67. The molecule has 3 rings (SSSR count). The highest BCUT2D eigenvalue weighted by Gasteiger charge is 2.11. The number of hydrogen-bond donors (Lipinski definition) is 0. The lowest BCUT2D eigenvalue weighted by Crippen LogP contribution is -1.95. The molecule has 0 atom stereocenters. The first kappa shape index (κ1) is 13.3. The van der Waals surface area contributed by atoms with Gasteiger partial charge < -0.3 is 4.57 Å². The van der Waals surface area contributed by atoms with Crippen LogP contribution in [-0.2, 0) is 13.5 Å². The molecule has 0 amide bonds. The van der Waals surface area contributed by atoms with Crippen LogP contribution in [0.15, 0.2) is 47.2 Å². The summed E-state index contributed by atoms with van der Waals surface area (Å²) >= 11 is 3.42. The predicted octanol–water partition coefficient (Wildman–Crippen LogP) is 3.27. The number of nitrogens with zero attached hydrogens (tertiary/aromatic N) is 4. The third-order valence-corrected chi connectivity index (χ3v) is 4.84. The minimum atomic E-state index is 0.936. The van der Waals surface area contributed by atoms with Crippen LogP contribution < -0.4 is 0 Å². The molecule has 0 radical (unpaired) electrons. The van der Waals surface area contributed by atoms with Gasteiger partial charge in [-0.25, -0.2) is 0 Å². The average molecular weight is 302 g/mol. The molecule has 3 aromatic heterocycles. The van der Waals surface area contributed by atoms with Crippen LogP contribution in [0.3, 0.4) is 0 Å². The van der Waals surface area contributed by atoms with Crippen LogP contribution in [0.5, 0.6) is 0 Å². The highest BCUT2D eigenvalue weighted by atomic mass is 32.2. The van der Waals surface area contributed by atoms with E-state index in [4.69, 9.17) is 0 Å². The monoisotopic (exact) mass is 302 g/mol. The van der Waals surface area contributed by atoms with E-state index in [1.807, 2.05) is 37.6 Å². The van der Waals surface area contributed by atoms with Gasteiger partial charge in [-0.15, -0.1) is 21.5 Å². The first-order valence-corrected chi connectivity index (χ1v) is 8.16. The van der Waals surface area contributed by atoms with Crippen molar-refractivity contribution in [3.8, 4) is 10.7 Å². The number of thiophene rings is 1. The van der Waals surface area contributed by atoms with Crippen molar-refractivity contribution in [2.24, 2.45) is 7.05 Å². The zero-order chi connectivity index (χ0) is 13.8. The fourth-order valence-electron chi connectivity index (χ4n) is 1.87. The van der Waals surface area contributed by atoms with Gasteiger partial charge in [0.15, 0.2) is 11.0 Å². The zero-order valence-corrected chi connectivity index (χ0v) is 12.7. The fourth-order valence-corrected chi connectivity index (χ4v) is 3.51. The summed E-state index contributed by atoms with van der Waals surface area (Å²) in [6.45, 7) is 0. The summed E-state index contributed by atoms with van der Waals surface area (Å²) in [7, 11) is 2.02. The van der Waals surface area contributed by atoms with Gasteiger partial charge in [0, 0.05) is 25.2 Å². The van der Waals surface area contributed by atoms with E-state index < -0.39 is 0 Å². The van der Waals surface area contributed by atoms with Gasteiger partial charge in [0.05, 0.1) is 4.88 Å². The normalized spacial score (nSPS) is 10.8. The molecule has 0 saturated carbocycles. The van der Waals surface area contributed by atoms with Crippen LogP contribution in [0.4, 0.5) is 0 Å². The molecule has 0 saturated heterocycles. The Kier molecular flexibility index (Phi) is 4.13. The molecule has 3 heterocycles. The Balaban J connectivity index is 1.64. The van der Waals surface area contributed by atoms with E-state index in [-0.39, 0.29) is 0 Å². The minimum Gasteiger partial charge on any atom is -0.305 e. The first-order chi connectivity index (χ1) is 9.84. The molecular formula is C14H14N4S2. The standard InChI is InChI=1S/C14H14N4S2/c1-18-13(12-3-2-9-19-12)16-17-14(18)20-10-6-11-4-7-15-8-5-11/h2-5,7-9H,6,10H2,1H3. The van der Waals surface area contributed by atoms with Gasteiger partial charge >= 0.3 is 0 Å². The number of aromatic nitrogens is 4. The SMILES string of the molecule is Cn1c(SCCc2ccncc2)nnc1-c1cccs1. The Hall–Kier alpha value is -1.66. The van der Waals surface area contributed by atoms with Crippen LogP contribution in [-0.4, -0.2) is 25.5 Å². The lowest BCUT2D eigenvalue weighted by molar-refractivity contribution is 0.794. The van der Waals surface area contributed by atoms with Crippen molar-refractivity contribution in [1.82, 2.24) is 19.7 Å². The molecule has 3 aromatic rings. The van der Waals surface area contributed by atoms with E-state index in [0.29, 0.717) is 0 Å². The summed E-state index contributed by atoms with van der Waals surface area (Å²) in [5, 5.41) is 11.6. The van der Waals surface area contributed by atoms with Crippen molar-refractivity contribution in [1.29, 1.82) is 0 Å². The summed E-state index contributed by atoms with van der Waals surface area (Å²) in [5.74, 6) is 1.92. The maximum absolute atomic E-state index is 4.28. The van der Waals surface area contributed by atoms with Crippen molar-refractivity contribution >= 4 is 23.1 Å². The molecule has 0 spiro atoms. The van der Waals surface area contributed by atoms with Crippen molar-refractivity contribution in [2.75, 3.05) is 5.75 Å². The van der Waals surface area contributed by atoms with E-state index in [9.17, 15) is 0 Å². The van der Waals surface area contributed by atoms with E-state index in [2.05, 4.69) is 31.2 Å². The maximum atomic E-state index is 4.28. The highest BCUT2D eigenvalue weighted by Crippen LogP contribution is 2.26. The third-order valence-electron chi connectivity index (χ3n) is 2.95. The number of hydrogen-bond acceptors (Lipinski definition) is 5. The first-order valence-electron chi connectivity index (χ1n) is 6.29. The molecule has 0 aliphatic carbocycles. The van der Waals surface area contributed by atoms with Gasteiger partial charge in [0.1, 0.15) is 0 Å². The molecule has 4 nitrogen and oxygen atoms in total. The predicted molar refractivity (Wildman–Crippen MR) is 83.0 cm³/mol. The summed E-state index contributed by atoms with van der Waals surface area (Å²) < 4.78 is 2.06. The molecule has 0 bridgehead atoms. The van der Waals surface area contributed by atoms with Gasteiger partial charge in [0.25, 0.3) is 0 Å². The van der Waals surface area contributed by atoms with Crippen LogP contribution in [0.25, 0.3) is 10.7 Å². The molecule has 0 aliphatic rings. The topological polar surface area (TPSA) is 43.6 Å². The van der Waals surface area contributed by atoms with Crippen molar-refractivity contribution in [3.63, 3.8) is 0 Å². The van der Waals surface area contributed by atoms with Crippen molar-refractivity contribution < 1.29 is 0 Å². The minimum absolute atomic E-state index is 0.936. The van der Waals surface area contributed by atoms with Crippen LogP contribution >= 0.6 is 23.1 Å². The molecule has 0 fully saturated rings. The summed E-state index contributed by atoms with van der Waals surface area (Å²) in [4.78, 5) is 5.18. The molecule has 20 heavy (non-hydrogen) atoms. The Labute approximate surface area is 125 Å². The lowest BCUT2D eigenvalue weighted by Gasteiger charge is -2.02. The second-order valence-electron chi connectivity index (χ2n) is 4.30. The molecule has 0 aliphatic heterocycles. The number of aryl methyl sites for hydroxylation is 1. The molecular weight excluding hydrogens is 288 g/mol. The second kappa shape index (κ2) is 6.19. The Morgan fingerprint density at radius 1 is 1.20 bits per heavy atom. The fraction of sp³-hybridized carbons (Fsp3) is 0.214. The lowest BCUT2D eigenvalue weighted by atomic mass is 10.2. The van der Waals surface area contributed by atoms with Crippen LogP contribution in [0.2, 0.25) is 0 Å². The van der Waals surface area contributed by atoms with E-state index >= 15 is 0 Å². The zero-order valence-electron chi connectivity index (χ0n) is 11.1. The number of pyridine rings is 1. The Bertz CT molecular complexity index is 662. The maximum Gasteiger partial charge on any atom is 0.191 e. The third kappa shape index (κ3) is 2.91. The molecule has 6 heteroatoms. The van der Waals surface area contributed by atoms with Gasteiger partial charge in [-0.05, 0) is 35.6 Å². The van der Waals surface area contributed by atoms with E-state index in [1.165, 1.54) is 5.56 Å². The number of thioether (sulfide) groups is 1. The Morgan fingerprint density at radius 3 is 2.80 bits per heavy atom. The van der Waals surface area contributed by atoms with Crippen LogP contribution in [0.1, 0.15) is 5.56 Å². The van der Waals surface area contributed by atoms with E-state index in [1.54, 1.807) is 23.1 Å². The summed E-state index contributed by atoms with van der Waals surface area (Å²) in [6, 6.07) is 8.20. The number of rotatable bonds is 5. The quantitative estimate of drug-likeness (QED) is 0.678. The van der Waals surface area contributed by atoms with Crippen molar-refractivity contribution in [2.45, 2.75) is 11.6 Å². The summed E-state index contributed by atoms with van der Waals surface area (Å²) in [5.41, 5.74) is 1.30. The van der Waals surface area contributed by atoms with Gasteiger partial charge in [0.2, 0.25) is 0 Å². The second-order valence-corrected chi connectivity index (χ2v) is 6.31. The van der Waals surface area contributed by atoms with Gasteiger partial charge in [-0.1, -0.05) is 17.8 Å². The largest absolute Gasteiger partial charge is 0.305 e.